The number of aliphatic hydroxyl groups is 1. The highest BCUT2D eigenvalue weighted by Crippen LogP contribution is 2.39. The Labute approximate surface area is 242 Å². The smallest absolute Gasteiger partial charge is 0.119 e. The molecule has 2 N–H and O–H groups in total. The molecule has 2 aromatic carbocycles. The second kappa shape index (κ2) is 14.8. The highest BCUT2D eigenvalue weighted by Gasteiger charge is 2.34. The van der Waals surface area contributed by atoms with Crippen LogP contribution in [-0.4, -0.2) is 22.4 Å². The van der Waals surface area contributed by atoms with E-state index < -0.39 is 0 Å². The molecule has 0 aromatic heterocycles. The van der Waals surface area contributed by atoms with Gasteiger partial charge in [0.2, 0.25) is 0 Å². The second-order valence-corrected chi connectivity index (χ2v) is 14.2. The van der Waals surface area contributed by atoms with Crippen LogP contribution in [0, 0.1) is 29.6 Å². The fourth-order valence-corrected chi connectivity index (χ4v) is 5.58. The van der Waals surface area contributed by atoms with Gasteiger partial charge >= 0.3 is 0 Å². The summed E-state index contributed by atoms with van der Waals surface area (Å²) in [5.74, 6) is 2.86. The molecule has 5 heteroatoms. The zero-order chi connectivity index (χ0) is 27.6. The molecule has 0 atom stereocenters. The van der Waals surface area contributed by atoms with Crippen LogP contribution in [0.5, 0.6) is 11.5 Å². The van der Waals surface area contributed by atoms with Crippen LogP contribution in [0.15, 0.2) is 57.5 Å². The first-order chi connectivity index (χ1) is 17.2. The Kier molecular flexibility index (Phi) is 12.9. The lowest BCUT2D eigenvalue weighted by Gasteiger charge is -2.36. The number of halogens is 2. The highest BCUT2D eigenvalue weighted by molar-refractivity contribution is 9.10. The summed E-state index contributed by atoms with van der Waals surface area (Å²) in [5.41, 5.74) is 0.642. The summed E-state index contributed by atoms with van der Waals surface area (Å²) < 4.78 is 8.14. The lowest BCUT2D eigenvalue weighted by molar-refractivity contribution is 0.0803. The van der Waals surface area contributed by atoms with Crippen LogP contribution in [-0.2, 0) is 0 Å². The molecule has 0 heterocycles. The van der Waals surface area contributed by atoms with Gasteiger partial charge in [-0.05, 0) is 125 Å². The predicted octanol–water partition coefficient (Wildman–Crippen LogP) is 9.99. The van der Waals surface area contributed by atoms with E-state index in [9.17, 15) is 5.11 Å². The van der Waals surface area contributed by atoms with Gasteiger partial charge in [0.1, 0.15) is 16.9 Å². The topological polar surface area (TPSA) is 49.7 Å². The van der Waals surface area contributed by atoms with Crippen molar-refractivity contribution in [2.45, 2.75) is 98.2 Å². The highest BCUT2D eigenvalue weighted by atomic mass is 79.9. The second-order valence-electron chi connectivity index (χ2n) is 12.4. The summed E-state index contributed by atoms with van der Waals surface area (Å²) in [7, 11) is 0. The van der Waals surface area contributed by atoms with Crippen molar-refractivity contribution in [1.82, 2.24) is 0 Å². The van der Waals surface area contributed by atoms with Crippen molar-refractivity contribution < 1.29 is 14.9 Å². The minimum atomic E-state index is -0.0337. The van der Waals surface area contributed by atoms with E-state index in [0.29, 0.717) is 23.2 Å². The van der Waals surface area contributed by atoms with Gasteiger partial charge in [0, 0.05) is 14.9 Å². The minimum absolute atomic E-state index is 0.0337. The van der Waals surface area contributed by atoms with Crippen molar-refractivity contribution in [3.63, 3.8) is 0 Å². The van der Waals surface area contributed by atoms with Crippen LogP contribution in [0.1, 0.15) is 86.0 Å². The van der Waals surface area contributed by atoms with Crippen LogP contribution in [0.2, 0.25) is 0 Å². The van der Waals surface area contributed by atoms with Gasteiger partial charge in [-0.2, -0.15) is 0 Å². The minimum Gasteiger partial charge on any atom is -0.508 e. The molecule has 0 spiro atoms. The number of hydrogen-bond acceptors (Lipinski definition) is 3. The first-order valence-corrected chi connectivity index (χ1v) is 15.2. The summed E-state index contributed by atoms with van der Waals surface area (Å²) in [6, 6.07) is 15.0. The molecular formula is C32H47Br2O3+. The van der Waals surface area contributed by atoms with Crippen molar-refractivity contribution in [2.75, 3.05) is 0 Å². The van der Waals surface area contributed by atoms with Crippen molar-refractivity contribution in [2.24, 2.45) is 22.7 Å². The van der Waals surface area contributed by atoms with E-state index >= 15 is 0 Å². The molecule has 0 saturated heterocycles. The number of rotatable bonds is 3. The molecule has 206 valence electrons. The Morgan fingerprint density at radius 3 is 1.54 bits per heavy atom. The molecule has 2 aromatic rings. The SMILES string of the molecule is CC(C)(C)C1CCC(Oc2ccc(Br)cc2)CC1.Oc1ccc(Br)cc1.[CH2+]C(C)(C)C1CCC(O)CC1. The quantitative estimate of drug-likeness (QED) is 0.329. The average Bonchev–Trinajstić information content (AvgIpc) is 2.83. The van der Waals surface area contributed by atoms with Gasteiger partial charge in [-0.3, -0.25) is 0 Å². The van der Waals surface area contributed by atoms with E-state index in [-0.39, 0.29) is 11.5 Å². The number of ether oxygens (including phenoxy) is 1. The number of phenols is 1. The van der Waals surface area contributed by atoms with Crippen LogP contribution >= 0.6 is 31.9 Å². The maximum atomic E-state index is 9.27. The Morgan fingerprint density at radius 1 is 0.703 bits per heavy atom. The van der Waals surface area contributed by atoms with Crippen molar-refractivity contribution in [1.29, 1.82) is 0 Å². The van der Waals surface area contributed by atoms with Gasteiger partial charge in [-0.25, -0.2) is 0 Å². The number of hydrogen-bond donors (Lipinski definition) is 2. The Morgan fingerprint density at radius 2 is 1.14 bits per heavy atom. The van der Waals surface area contributed by atoms with Gasteiger partial charge in [0.25, 0.3) is 0 Å². The molecule has 37 heavy (non-hydrogen) atoms. The monoisotopic (exact) mass is 637 g/mol. The Hall–Kier alpha value is -1.17. The first kappa shape index (κ1) is 32.0. The maximum absolute atomic E-state index is 9.27. The zero-order valence-electron chi connectivity index (χ0n) is 23.4. The third kappa shape index (κ3) is 12.5. The Bertz CT molecular complexity index is 861. The molecule has 0 unspecified atom stereocenters. The molecular weight excluding hydrogens is 592 g/mol. The van der Waals surface area contributed by atoms with Crippen molar-refractivity contribution in [3.8, 4) is 11.5 Å². The largest absolute Gasteiger partial charge is 0.508 e. The van der Waals surface area contributed by atoms with Crippen LogP contribution < -0.4 is 4.74 Å². The van der Waals surface area contributed by atoms with Gasteiger partial charge in [0.15, 0.2) is 0 Å². The third-order valence-electron chi connectivity index (χ3n) is 7.64. The molecule has 4 rings (SSSR count). The van der Waals surface area contributed by atoms with E-state index in [0.717, 1.165) is 46.3 Å². The maximum Gasteiger partial charge on any atom is 0.119 e. The predicted molar refractivity (Wildman–Crippen MR) is 163 cm³/mol. The fourth-order valence-electron chi connectivity index (χ4n) is 5.05. The molecule has 0 bridgehead atoms. The van der Waals surface area contributed by atoms with E-state index in [1.165, 1.54) is 25.7 Å². The van der Waals surface area contributed by atoms with Gasteiger partial charge in [0.05, 0.1) is 19.1 Å². The normalized spacial score (nSPS) is 24.1. The summed E-state index contributed by atoms with van der Waals surface area (Å²) in [6.07, 6.45) is 9.60. The summed E-state index contributed by atoms with van der Waals surface area (Å²) in [5, 5.41) is 18.0. The van der Waals surface area contributed by atoms with Gasteiger partial charge in [-0.1, -0.05) is 52.6 Å². The standard InChI is InChI=1S/C16H23BrO.C10H19O.C6H5BrO/c1-16(2,3)12-4-8-14(9-5-12)18-15-10-6-13(17)7-11-15;1-10(2,3)8-4-6-9(11)7-5-8;7-5-1-3-6(8)4-2-5/h6-7,10-12,14H,4-5,8-9H2,1-3H3;8-9,11H,1,4-7H2,2-3H3;1-4,8H/q;+1;. The van der Waals surface area contributed by atoms with E-state index in [1.54, 1.807) is 24.3 Å². The first-order valence-electron chi connectivity index (χ1n) is 13.6. The van der Waals surface area contributed by atoms with E-state index in [4.69, 9.17) is 9.84 Å². The fraction of sp³-hybridized carbons (Fsp3) is 0.594. The summed E-state index contributed by atoms with van der Waals surface area (Å²) in [4.78, 5) is 0. The van der Waals surface area contributed by atoms with E-state index in [2.05, 4.69) is 73.4 Å². The molecule has 2 fully saturated rings. The summed E-state index contributed by atoms with van der Waals surface area (Å²) >= 11 is 6.68. The van der Waals surface area contributed by atoms with Gasteiger partial charge < -0.3 is 14.9 Å². The molecule has 2 saturated carbocycles. The van der Waals surface area contributed by atoms with Crippen LogP contribution in [0.4, 0.5) is 0 Å². The molecule has 0 radical (unpaired) electrons. The number of aliphatic hydroxyl groups excluding tert-OH is 1. The molecule has 0 amide bonds. The molecule has 0 aliphatic heterocycles. The average molecular weight is 640 g/mol. The lowest BCUT2D eigenvalue weighted by Crippen LogP contribution is -2.30. The van der Waals surface area contributed by atoms with Crippen LogP contribution in [0.3, 0.4) is 0 Å². The molecule has 2 aliphatic rings. The molecule has 2 aliphatic carbocycles. The Balaban J connectivity index is 0.000000215. The number of benzene rings is 2. The van der Waals surface area contributed by atoms with Crippen molar-refractivity contribution >= 4 is 31.9 Å². The number of phenolic OH excluding ortho intramolecular Hbond substituents is 1. The third-order valence-corrected chi connectivity index (χ3v) is 8.70. The van der Waals surface area contributed by atoms with E-state index in [1.807, 2.05) is 24.3 Å². The van der Waals surface area contributed by atoms with Crippen LogP contribution in [0.25, 0.3) is 0 Å². The van der Waals surface area contributed by atoms with Crippen molar-refractivity contribution in [3.05, 3.63) is 64.4 Å². The molecule has 3 nitrogen and oxygen atoms in total. The zero-order valence-corrected chi connectivity index (χ0v) is 26.5. The number of aromatic hydroxyl groups is 1. The van der Waals surface area contributed by atoms with Gasteiger partial charge in [-0.15, -0.1) is 0 Å². The lowest BCUT2D eigenvalue weighted by atomic mass is 9.72. The summed E-state index contributed by atoms with van der Waals surface area (Å²) in [6.45, 7) is 15.6.